The zero-order valence-electron chi connectivity index (χ0n) is 14.6. The smallest absolute Gasteiger partial charge is 0.227 e. The summed E-state index contributed by atoms with van der Waals surface area (Å²) >= 11 is 5.90. The first kappa shape index (κ1) is 18.7. The summed E-state index contributed by atoms with van der Waals surface area (Å²) < 4.78 is 11.2. The molecule has 0 atom stereocenters. The van der Waals surface area contributed by atoms with E-state index >= 15 is 0 Å². The van der Waals surface area contributed by atoms with Crippen molar-refractivity contribution in [2.24, 2.45) is 0 Å². The van der Waals surface area contributed by atoms with Crippen LogP contribution in [0.3, 0.4) is 0 Å². The summed E-state index contributed by atoms with van der Waals surface area (Å²) in [5.74, 6) is 1.16. The topological polar surface area (TPSA) is 60.5 Å². The standard InChI is InChI=1S/C21H19ClN2O3/c22-16-5-3-8-19(13-16)26-12-10-21(25)24-17-7-4-9-20(14-17)27-15-18-6-1-2-11-23-18/h1-9,11,13-14H,10,12,15H2,(H,24,25). The summed E-state index contributed by atoms with van der Waals surface area (Å²) in [6, 6.07) is 20.0. The van der Waals surface area contributed by atoms with Crippen LogP contribution < -0.4 is 14.8 Å². The fourth-order valence-electron chi connectivity index (χ4n) is 2.35. The van der Waals surface area contributed by atoms with Gasteiger partial charge in [-0.2, -0.15) is 0 Å². The fraction of sp³-hybridized carbons (Fsp3) is 0.143. The van der Waals surface area contributed by atoms with Crippen molar-refractivity contribution in [3.05, 3.63) is 83.6 Å². The van der Waals surface area contributed by atoms with Gasteiger partial charge < -0.3 is 14.8 Å². The number of hydrogen-bond acceptors (Lipinski definition) is 4. The van der Waals surface area contributed by atoms with Crippen molar-refractivity contribution < 1.29 is 14.3 Å². The molecule has 1 N–H and O–H groups in total. The molecular formula is C21H19ClN2O3. The maximum atomic E-state index is 12.1. The van der Waals surface area contributed by atoms with Crippen LogP contribution in [0.5, 0.6) is 11.5 Å². The molecule has 5 nitrogen and oxygen atoms in total. The molecule has 3 rings (SSSR count). The summed E-state index contributed by atoms with van der Waals surface area (Å²) in [4.78, 5) is 16.3. The summed E-state index contributed by atoms with van der Waals surface area (Å²) in [6.07, 6.45) is 1.95. The van der Waals surface area contributed by atoms with Crippen molar-refractivity contribution in [2.75, 3.05) is 11.9 Å². The van der Waals surface area contributed by atoms with Crippen LogP contribution >= 0.6 is 11.6 Å². The lowest BCUT2D eigenvalue weighted by atomic mass is 10.3. The maximum absolute atomic E-state index is 12.1. The highest BCUT2D eigenvalue weighted by atomic mass is 35.5. The van der Waals surface area contributed by atoms with Crippen molar-refractivity contribution in [3.8, 4) is 11.5 Å². The molecule has 0 aliphatic carbocycles. The second kappa shape index (κ2) is 9.59. The predicted octanol–water partition coefficient (Wildman–Crippen LogP) is 4.72. The third-order valence-electron chi connectivity index (χ3n) is 3.62. The number of rotatable bonds is 8. The molecule has 3 aromatic rings. The van der Waals surface area contributed by atoms with E-state index in [0.717, 1.165) is 5.69 Å². The van der Waals surface area contributed by atoms with Crippen LogP contribution in [0.4, 0.5) is 5.69 Å². The van der Waals surface area contributed by atoms with E-state index in [1.165, 1.54) is 0 Å². The highest BCUT2D eigenvalue weighted by Crippen LogP contribution is 2.19. The average Bonchev–Trinajstić information content (AvgIpc) is 2.68. The van der Waals surface area contributed by atoms with Crippen LogP contribution in [0.15, 0.2) is 72.9 Å². The van der Waals surface area contributed by atoms with E-state index in [9.17, 15) is 4.79 Å². The molecule has 0 fully saturated rings. The Labute approximate surface area is 162 Å². The number of amides is 1. The van der Waals surface area contributed by atoms with Gasteiger partial charge in [-0.15, -0.1) is 0 Å². The van der Waals surface area contributed by atoms with Crippen LogP contribution in [-0.4, -0.2) is 17.5 Å². The number of pyridine rings is 1. The molecule has 0 bridgehead atoms. The molecule has 1 amide bonds. The number of anilines is 1. The number of benzene rings is 2. The Morgan fingerprint density at radius 2 is 1.78 bits per heavy atom. The van der Waals surface area contributed by atoms with Gasteiger partial charge in [-0.25, -0.2) is 0 Å². The summed E-state index contributed by atoms with van der Waals surface area (Å²) in [6.45, 7) is 0.633. The van der Waals surface area contributed by atoms with Crippen molar-refractivity contribution in [1.82, 2.24) is 4.98 Å². The minimum atomic E-state index is -0.140. The molecule has 138 valence electrons. The van der Waals surface area contributed by atoms with Crippen molar-refractivity contribution in [2.45, 2.75) is 13.0 Å². The van der Waals surface area contributed by atoms with Gasteiger partial charge in [0.25, 0.3) is 0 Å². The third kappa shape index (κ3) is 6.31. The maximum Gasteiger partial charge on any atom is 0.227 e. The molecule has 0 unspecified atom stereocenters. The van der Waals surface area contributed by atoms with Gasteiger partial charge in [-0.05, 0) is 42.5 Å². The van der Waals surface area contributed by atoms with Crippen LogP contribution in [0.2, 0.25) is 5.02 Å². The average molecular weight is 383 g/mol. The van der Waals surface area contributed by atoms with E-state index in [4.69, 9.17) is 21.1 Å². The lowest BCUT2D eigenvalue weighted by Gasteiger charge is -2.10. The van der Waals surface area contributed by atoms with E-state index in [-0.39, 0.29) is 18.9 Å². The molecule has 1 aromatic heterocycles. The number of nitrogens with zero attached hydrogens (tertiary/aromatic N) is 1. The highest BCUT2D eigenvalue weighted by molar-refractivity contribution is 6.30. The van der Waals surface area contributed by atoms with E-state index in [1.807, 2.05) is 36.4 Å². The summed E-state index contributed by atoms with van der Waals surface area (Å²) in [5, 5.41) is 3.43. The van der Waals surface area contributed by atoms with Gasteiger partial charge in [0, 0.05) is 23.0 Å². The fourth-order valence-corrected chi connectivity index (χ4v) is 2.53. The van der Waals surface area contributed by atoms with E-state index in [1.54, 1.807) is 36.5 Å². The van der Waals surface area contributed by atoms with Crippen molar-refractivity contribution >= 4 is 23.2 Å². The molecule has 0 saturated heterocycles. The quantitative estimate of drug-likeness (QED) is 0.612. The molecule has 6 heteroatoms. The lowest BCUT2D eigenvalue weighted by molar-refractivity contribution is -0.116. The minimum Gasteiger partial charge on any atom is -0.493 e. The molecule has 0 aliphatic rings. The Hall–Kier alpha value is -3.05. The third-order valence-corrected chi connectivity index (χ3v) is 3.86. The second-order valence-electron chi connectivity index (χ2n) is 5.74. The summed E-state index contributed by atoms with van der Waals surface area (Å²) in [7, 11) is 0. The largest absolute Gasteiger partial charge is 0.493 e. The second-order valence-corrected chi connectivity index (χ2v) is 6.18. The number of nitrogens with one attached hydrogen (secondary N) is 1. The Bertz CT molecular complexity index is 887. The summed E-state index contributed by atoms with van der Waals surface area (Å²) in [5.41, 5.74) is 1.51. The molecule has 0 saturated carbocycles. The number of aromatic nitrogens is 1. The molecule has 0 radical (unpaired) electrons. The van der Waals surface area contributed by atoms with Gasteiger partial charge in [0.05, 0.1) is 18.7 Å². The van der Waals surface area contributed by atoms with Gasteiger partial charge in [0.1, 0.15) is 18.1 Å². The van der Waals surface area contributed by atoms with E-state index < -0.39 is 0 Å². The van der Waals surface area contributed by atoms with Crippen LogP contribution in [0, 0.1) is 0 Å². The van der Waals surface area contributed by atoms with E-state index in [2.05, 4.69) is 10.3 Å². The zero-order valence-corrected chi connectivity index (χ0v) is 15.4. The SMILES string of the molecule is O=C(CCOc1cccc(Cl)c1)Nc1cccc(OCc2ccccn2)c1. The van der Waals surface area contributed by atoms with Gasteiger partial charge in [0.15, 0.2) is 0 Å². The minimum absolute atomic E-state index is 0.140. The Morgan fingerprint density at radius 3 is 2.56 bits per heavy atom. The molecular weight excluding hydrogens is 364 g/mol. The number of halogens is 1. The monoisotopic (exact) mass is 382 g/mol. The lowest BCUT2D eigenvalue weighted by Crippen LogP contribution is -2.15. The van der Waals surface area contributed by atoms with Gasteiger partial charge in [0.2, 0.25) is 5.91 Å². The number of carbonyl (C=O) groups excluding carboxylic acids is 1. The van der Waals surface area contributed by atoms with Gasteiger partial charge in [-0.1, -0.05) is 29.8 Å². The van der Waals surface area contributed by atoms with E-state index in [0.29, 0.717) is 28.8 Å². The highest BCUT2D eigenvalue weighted by Gasteiger charge is 2.05. The first-order valence-electron chi connectivity index (χ1n) is 8.50. The zero-order chi connectivity index (χ0) is 18.9. The van der Waals surface area contributed by atoms with Crippen LogP contribution in [-0.2, 0) is 11.4 Å². The number of carbonyl (C=O) groups is 1. The first-order valence-corrected chi connectivity index (χ1v) is 8.88. The Balaban J connectivity index is 1.46. The Kier molecular flexibility index (Phi) is 6.66. The predicted molar refractivity (Wildman–Crippen MR) is 105 cm³/mol. The normalized spacial score (nSPS) is 10.3. The van der Waals surface area contributed by atoms with Crippen LogP contribution in [0.25, 0.3) is 0 Å². The molecule has 0 spiro atoms. The van der Waals surface area contributed by atoms with Crippen molar-refractivity contribution in [1.29, 1.82) is 0 Å². The molecule has 0 aliphatic heterocycles. The molecule has 2 aromatic carbocycles. The number of ether oxygens (including phenoxy) is 2. The Morgan fingerprint density at radius 1 is 0.963 bits per heavy atom. The van der Waals surface area contributed by atoms with Gasteiger partial charge in [-0.3, -0.25) is 9.78 Å². The first-order chi connectivity index (χ1) is 13.2. The molecule has 1 heterocycles. The van der Waals surface area contributed by atoms with Crippen LogP contribution in [0.1, 0.15) is 12.1 Å². The van der Waals surface area contributed by atoms with Crippen molar-refractivity contribution in [3.63, 3.8) is 0 Å². The number of hydrogen-bond donors (Lipinski definition) is 1. The van der Waals surface area contributed by atoms with Gasteiger partial charge >= 0.3 is 0 Å². The molecule has 27 heavy (non-hydrogen) atoms.